The van der Waals surface area contributed by atoms with E-state index in [0.29, 0.717) is 13.0 Å². The molecule has 0 spiro atoms. The largest absolute Gasteiger partial charge is 0.466 e. The summed E-state index contributed by atoms with van der Waals surface area (Å²) in [6.07, 6.45) is 0.480. The van der Waals surface area contributed by atoms with Crippen molar-refractivity contribution >= 4 is 5.97 Å². The maximum atomic E-state index is 10.2. The minimum atomic E-state index is -0.123. The van der Waals surface area contributed by atoms with E-state index < -0.39 is 0 Å². The predicted octanol–water partition coefficient (Wildman–Crippen LogP) is 1.98. The Bertz CT molecular complexity index is 125. The maximum Gasteiger partial charge on any atom is 0.305 e. The van der Waals surface area contributed by atoms with Gasteiger partial charge in [0.2, 0.25) is 0 Å². The summed E-state index contributed by atoms with van der Waals surface area (Å²) >= 11 is 0. The summed E-state index contributed by atoms with van der Waals surface area (Å²) in [4.78, 5) is 10.2. The van der Waals surface area contributed by atoms with Crippen molar-refractivity contribution in [2.45, 2.75) is 41.0 Å². The van der Waals surface area contributed by atoms with E-state index in [4.69, 9.17) is 5.11 Å². The first-order valence-electron chi connectivity index (χ1n) is 4.63. The van der Waals surface area contributed by atoms with E-state index in [1.54, 1.807) is 13.8 Å². The summed E-state index contributed by atoms with van der Waals surface area (Å²) in [5, 5.41) is 8.40. The van der Waals surface area contributed by atoms with E-state index >= 15 is 0 Å². The molecule has 0 aromatic rings. The first-order chi connectivity index (χ1) is 5.87. The molecule has 13 heavy (non-hydrogen) atoms. The van der Waals surface area contributed by atoms with Gasteiger partial charge in [-0.25, -0.2) is 0 Å². The fourth-order valence-electron chi connectivity index (χ4n) is 0.263. The molecule has 0 aliphatic heterocycles. The number of ether oxygens (including phenoxy) is 1. The van der Waals surface area contributed by atoms with Gasteiger partial charge < -0.3 is 9.84 Å². The van der Waals surface area contributed by atoms with E-state index in [9.17, 15) is 4.79 Å². The van der Waals surface area contributed by atoms with Gasteiger partial charge in [0, 0.05) is 13.0 Å². The zero-order chi connectivity index (χ0) is 10.9. The lowest BCUT2D eigenvalue weighted by Gasteiger charge is -2.11. The van der Waals surface area contributed by atoms with Gasteiger partial charge >= 0.3 is 5.97 Å². The fraction of sp³-hybridized carbons (Fsp3) is 0.900. The number of carbonyl (C=O) groups excluding carboxylic acids is 1. The lowest BCUT2D eigenvalue weighted by atomic mass is 9.99. The predicted molar refractivity (Wildman–Crippen MR) is 53.5 cm³/mol. The highest BCUT2D eigenvalue weighted by Crippen LogP contribution is 2.09. The Morgan fingerprint density at radius 3 is 1.77 bits per heavy atom. The average Bonchev–Trinajstić information content (AvgIpc) is 2.05. The van der Waals surface area contributed by atoms with Crippen LogP contribution in [0.3, 0.4) is 0 Å². The first-order valence-corrected chi connectivity index (χ1v) is 4.63. The summed E-state index contributed by atoms with van der Waals surface area (Å²) in [7, 11) is 0. The average molecular weight is 190 g/mol. The van der Waals surface area contributed by atoms with E-state index in [1.165, 1.54) is 0 Å². The molecule has 0 aliphatic rings. The Labute approximate surface area is 81.1 Å². The van der Waals surface area contributed by atoms with Gasteiger partial charge in [-0.2, -0.15) is 0 Å². The third-order valence-corrected chi connectivity index (χ3v) is 1.07. The molecule has 0 amide bonds. The Morgan fingerprint density at radius 1 is 1.31 bits per heavy atom. The molecule has 3 heteroatoms. The number of hydrogen-bond donors (Lipinski definition) is 1. The maximum absolute atomic E-state index is 10.2. The summed E-state index contributed by atoms with van der Waals surface area (Å²) in [5.74, 6) is -0.123. The van der Waals surface area contributed by atoms with Gasteiger partial charge in [-0.1, -0.05) is 27.7 Å². The fourth-order valence-corrected chi connectivity index (χ4v) is 0.263. The van der Waals surface area contributed by atoms with Crippen LogP contribution in [0.4, 0.5) is 0 Å². The Balaban J connectivity index is 0. The van der Waals surface area contributed by atoms with Crippen LogP contribution in [0.25, 0.3) is 0 Å². The van der Waals surface area contributed by atoms with Crippen molar-refractivity contribution in [2.24, 2.45) is 5.41 Å². The quantitative estimate of drug-likeness (QED) is 0.677. The molecular weight excluding hydrogens is 168 g/mol. The van der Waals surface area contributed by atoms with E-state index in [2.05, 4.69) is 4.74 Å². The molecule has 80 valence electrons. The van der Waals surface area contributed by atoms with Gasteiger partial charge in [0.05, 0.1) is 6.61 Å². The lowest BCUT2D eigenvalue weighted by Crippen LogP contribution is -2.09. The molecule has 0 rings (SSSR count). The van der Waals surface area contributed by atoms with Crippen LogP contribution >= 0.6 is 0 Å². The standard InChI is InChI=1S/C5H10O2.C5H12O/c1-3-5(6)7-4-2;1-5(2,3)4-6/h3-4H2,1-2H3;6H,4H2,1-3H3. The highest BCUT2D eigenvalue weighted by atomic mass is 16.5. The van der Waals surface area contributed by atoms with Gasteiger partial charge in [0.1, 0.15) is 0 Å². The van der Waals surface area contributed by atoms with Crippen LogP contribution in [0.1, 0.15) is 41.0 Å². The van der Waals surface area contributed by atoms with Crippen molar-refractivity contribution in [3.05, 3.63) is 0 Å². The minimum Gasteiger partial charge on any atom is -0.466 e. The molecule has 0 aliphatic carbocycles. The van der Waals surface area contributed by atoms with Crippen LogP contribution in [-0.2, 0) is 9.53 Å². The number of rotatable bonds is 2. The Hall–Kier alpha value is -0.570. The molecule has 3 nitrogen and oxygen atoms in total. The molecule has 0 aromatic carbocycles. The monoisotopic (exact) mass is 190 g/mol. The number of esters is 1. The second-order valence-corrected chi connectivity index (χ2v) is 3.88. The van der Waals surface area contributed by atoms with Crippen molar-refractivity contribution in [2.75, 3.05) is 13.2 Å². The molecular formula is C10H22O3. The van der Waals surface area contributed by atoms with Gasteiger partial charge in [0.25, 0.3) is 0 Å². The van der Waals surface area contributed by atoms with E-state index in [0.717, 1.165) is 0 Å². The summed E-state index contributed by atoms with van der Waals surface area (Å²) in [6, 6.07) is 0. The smallest absolute Gasteiger partial charge is 0.305 e. The first kappa shape index (κ1) is 14.9. The minimum absolute atomic E-state index is 0.0972. The number of aliphatic hydroxyl groups is 1. The van der Waals surface area contributed by atoms with Crippen molar-refractivity contribution in [3.63, 3.8) is 0 Å². The molecule has 0 fully saturated rings. The topological polar surface area (TPSA) is 46.5 Å². The van der Waals surface area contributed by atoms with Crippen LogP contribution in [0.2, 0.25) is 0 Å². The zero-order valence-corrected chi connectivity index (χ0v) is 9.39. The molecule has 1 N–H and O–H groups in total. The molecule has 0 heterocycles. The molecule has 0 atom stereocenters. The van der Waals surface area contributed by atoms with Crippen LogP contribution in [0.15, 0.2) is 0 Å². The van der Waals surface area contributed by atoms with Gasteiger partial charge in [-0.15, -0.1) is 0 Å². The van der Waals surface area contributed by atoms with Crippen LogP contribution in [0.5, 0.6) is 0 Å². The summed E-state index contributed by atoms with van der Waals surface area (Å²) in [6.45, 7) is 10.3. The molecule has 0 saturated heterocycles. The molecule has 0 bridgehead atoms. The second-order valence-electron chi connectivity index (χ2n) is 3.88. The zero-order valence-electron chi connectivity index (χ0n) is 9.39. The second kappa shape index (κ2) is 8.05. The molecule has 0 saturated carbocycles. The van der Waals surface area contributed by atoms with E-state index in [1.807, 2.05) is 20.8 Å². The van der Waals surface area contributed by atoms with Crippen molar-refractivity contribution in [1.82, 2.24) is 0 Å². The summed E-state index contributed by atoms with van der Waals surface area (Å²) in [5.41, 5.74) is 0.0972. The number of carbonyl (C=O) groups is 1. The molecule has 0 unspecified atom stereocenters. The molecule has 0 radical (unpaired) electrons. The van der Waals surface area contributed by atoms with Crippen LogP contribution in [0, 0.1) is 5.41 Å². The summed E-state index contributed by atoms with van der Waals surface area (Å²) < 4.78 is 4.55. The van der Waals surface area contributed by atoms with Crippen LogP contribution in [-0.4, -0.2) is 24.3 Å². The van der Waals surface area contributed by atoms with Crippen molar-refractivity contribution in [1.29, 1.82) is 0 Å². The number of aliphatic hydroxyl groups excluding tert-OH is 1. The number of hydrogen-bond acceptors (Lipinski definition) is 3. The lowest BCUT2D eigenvalue weighted by molar-refractivity contribution is -0.142. The van der Waals surface area contributed by atoms with Crippen LogP contribution < -0.4 is 0 Å². The van der Waals surface area contributed by atoms with Gasteiger partial charge in [-0.3, -0.25) is 4.79 Å². The highest BCUT2D eigenvalue weighted by Gasteiger charge is 2.05. The third kappa shape index (κ3) is 18.4. The Kier molecular flexibility index (Phi) is 9.24. The van der Waals surface area contributed by atoms with E-state index in [-0.39, 0.29) is 18.0 Å². The Morgan fingerprint density at radius 2 is 1.69 bits per heavy atom. The third-order valence-electron chi connectivity index (χ3n) is 1.07. The molecule has 0 aromatic heterocycles. The van der Waals surface area contributed by atoms with Crippen molar-refractivity contribution in [3.8, 4) is 0 Å². The van der Waals surface area contributed by atoms with Gasteiger partial charge in [0.15, 0.2) is 0 Å². The van der Waals surface area contributed by atoms with Crippen molar-refractivity contribution < 1.29 is 14.6 Å². The SMILES string of the molecule is CC(C)(C)CO.CCOC(=O)CC. The normalized spacial score (nSPS) is 10.0. The van der Waals surface area contributed by atoms with Gasteiger partial charge in [-0.05, 0) is 12.3 Å². The highest BCUT2D eigenvalue weighted by molar-refractivity contribution is 5.68.